The lowest BCUT2D eigenvalue weighted by Gasteiger charge is -2.20. The molecule has 1 unspecified atom stereocenters. The number of alkyl halides is 1. The van der Waals surface area contributed by atoms with E-state index in [1.807, 2.05) is 6.92 Å². The molecule has 2 rings (SSSR count). The first-order valence-electron chi connectivity index (χ1n) is 4.59. The van der Waals surface area contributed by atoms with Crippen LogP contribution in [0.15, 0.2) is 24.9 Å². The van der Waals surface area contributed by atoms with Gasteiger partial charge in [-0.25, -0.2) is 9.97 Å². The number of aromatic nitrogens is 2. The summed E-state index contributed by atoms with van der Waals surface area (Å²) in [5.74, 6) is -0.363. The summed E-state index contributed by atoms with van der Waals surface area (Å²) in [5.41, 5.74) is 1.02. The van der Waals surface area contributed by atoms with Gasteiger partial charge >= 0.3 is 5.79 Å². The van der Waals surface area contributed by atoms with Crippen molar-refractivity contribution in [3.05, 3.63) is 36.3 Å². The van der Waals surface area contributed by atoms with E-state index in [2.05, 4.69) is 25.9 Å². The highest BCUT2D eigenvalue weighted by molar-refractivity contribution is 9.09. The van der Waals surface area contributed by atoms with Gasteiger partial charge in [0.15, 0.2) is 0 Å². The molecule has 1 aromatic heterocycles. The van der Waals surface area contributed by atoms with E-state index in [0.29, 0.717) is 5.82 Å². The number of ether oxygens (including phenoxy) is 2. The Morgan fingerprint density at radius 3 is 2.27 bits per heavy atom. The van der Waals surface area contributed by atoms with Gasteiger partial charge in [-0.3, -0.25) is 0 Å². The van der Waals surface area contributed by atoms with E-state index in [-0.39, 0.29) is 4.83 Å². The first kappa shape index (κ1) is 10.4. The van der Waals surface area contributed by atoms with Gasteiger partial charge in [0.05, 0.1) is 0 Å². The lowest BCUT2D eigenvalue weighted by Crippen LogP contribution is -2.25. The Balaban J connectivity index is 2.23. The summed E-state index contributed by atoms with van der Waals surface area (Å²) < 4.78 is 10.6. The number of hydrogen-bond acceptors (Lipinski definition) is 4. The monoisotopic (exact) mass is 270 g/mol. The van der Waals surface area contributed by atoms with E-state index in [1.54, 1.807) is 19.3 Å². The van der Waals surface area contributed by atoms with Crippen molar-refractivity contribution >= 4 is 15.9 Å². The molecule has 0 aromatic carbocycles. The van der Waals surface area contributed by atoms with Crippen LogP contribution in [0.1, 0.15) is 30.1 Å². The van der Waals surface area contributed by atoms with Crippen molar-refractivity contribution in [1.29, 1.82) is 0 Å². The fourth-order valence-corrected chi connectivity index (χ4v) is 1.46. The quantitative estimate of drug-likeness (QED) is 0.775. The molecule has 0 bridgehead atoms. The van der Waals surface area contributed by atoms with Crippen LogP contribution in [0.25, 0.3) is 0 Å². The molecular weight excluding hydrogens is 260 g/mol. The van der Waals surface area contributed by atoms with E-state index in [1.165, 1.54) is 12.5 Å². The maximum absolute atomic E-state index is 5.29. The summed E-state index contributed by atoms with van der Waals surface area (Å²) in [7, 11) is 0. The Labute approximate surface area is 96.5 Å². The lowest BCUT2D eigenvalue weighted by atomic mass is 10.2. The molecule has 1 atom stereocenters. The largest absolute Gasteiger partial charge is 0.450 e. The third-order valence-electron chi connectivity index (χ3n) is 2.18. The van der Waals surface area contributed by atoms with Crippen molar-refractivity contribution < 1.29 is 9.47 Å². The van der Waals surface area contributed by atoms with Gasteiger partial charge in [0, 0.05) is 29.7 Å². The van der Waals surface area contributed by atoms with Gasteiger partial charge in [0.1, 0.15) is 12.5 Å². The van der Waals surface area contributed by atoms with Crippen molar-refractivity contribution in [3.63, 3.8) is 0 Å². The number of rotatable bonds is 2. The minimum absolute atomic E-state index is 0.239. The predicted molar refractivity (Wildman–Crippen MR) is 58.0 cm³/mol. The third kappa shape index (κ3) is 1.97. The van der Waals surface area contributed by atoms with Crippen LogP contribution in [0.4, 0.5) is 0 Å². The van der Waals surface area contributed by atoms with Gasteiger partial charge in [0.2, 0.25) is 5.82 Å². The molecular formula is C10H11BrN2O2. The molecule has 1 aliphatic heterocycles. The van der Waals surface area contributed by atoms with Crippen LogP contribution in [0.5, 0.6) is 0 Å². The minimum Gasteiger partial charge on any atom is -0.450 e. The zero-order chi connectivity index (χ0) is 10.9. The van der Waals surface area contributed by atoms with E-state index >= 15 is 0 Å². The van der Waals surface area contributed by atoms with Gasteiger partial charge in [-0.05, 0) is 6.92 Å². The fraction of sp³-hybridized carbons (Fsp3) is 0.400. The van der Waals surface area contributed by atoms with Crippen molar-refractivity contribution in [2.75, 3.05) is 0 Å². The van der Waals surface area contributed by atoms with E-state index in [4.69, 9.17) is 9.47 Å². The van der Waals surface area contributed by atoms with Gasteiger partial charge in [-0.1, -0.05) is 15.9 Å². The van der Waals surface area contributed by atoms with Crippen LogP contribution >= 0.6 is 15.9 Å². The zero-order valence-electron chi connectivity index (χ0n) is 8.48. The van der Waals surface area contributed by atoms with Crippen molar-refractivity contribution in [2.45, 2.75) is 24.5 Å². The summed E-state index contributed by atoms with van der Waals surface area (Å²) in [6.45, 7) is 3.80. The Kier molecular flexibility index (Phi) is 2.65. The fourth-order valence-electron chi connectivity index (χ4n) is 1.23. The summed E-state index contributed by atoms with van der Waals surface area (Å²) in [6, 6.07) is 0. The van der Waals surface area contributed by atoms with Crippen molar-refractivity contribution in [3.8, 4) is 0 Å². The SMILES string of the molecule is CC(Br)c1cnc(C2(C)OC=CO2)nc1. The normalized spacial score (nSPS) is 19.4. The highest BCUT2D eigenvalue weighted by Crippen LogP contribution is 2.29. The second kappa shape index (κ2) is 3.81. The van der Waals surface area contributed by atoms with Gasteiger partial charge in [-0.2, -0.15) is 0 Å². The molecule has 0 spiro atoms. The first-order chi connectivity index (χ1) is 7.12. The van der Waals surface area contributed by atoms with Gasteiger partial charge in [-0.15, -0.1) is 0 Å². The van der Waals surface area contributed by atoms with Crippen LogP contribution in [0.2, 0.25) is 0 Å². The molecule has 4 nitrogen and oxygen atoms in total. The topological polar surface area (TPSA) is 44.2 Å². The Bertz CT molecular complexity index is 368. The average molecular weight is 271 g/mol. The van der Waals surface area contributed by atoms with Crippen LogP contribution in [0.3, 0.4) is 0 Å². The minimum atomic E-state index is -0.881. The molecule has 1 aromatic rings. The number of nitrogens with zero attached hydrogens (tertiary/aromatic N) is 2. The molecule has 2 heterocycles. The standard InChI is InChI=1S/C10H11BrN2O2/c1-7(11)8-5-12-9(13-6-8)10(2)14-3-4-15-10/h3-7H,1-2H3. The van der Waals surface area contributed by atoms with Crippen LogP contribution < -0.4 is 0 Å². The summed E-state index contributed by atoms with van der Waals surface area (Å²) in [4.78, 5) is 8.68. The molecule has 1 aliphatic rings. The first-order valence-corrected chi connectivity index (χ1v) is 5.50. The van der Waals surface area contributed by atoms with Crippen molar-refractivity contribution in [2.24, 2.45) is 0 Å². The molecule has 0 fully saturated rings. The second-order valence-corrected chi connectivity index (χ2v) is 4.78. The summed E-state index contributed by atoms with van der Waals surface area (Å²) in [5, 5.41) is 0. The number of hydrogen-bond donors (Lipinski definition) is 0. The summed E-state index contributed by atoms with van der Waals surface area (Å²) >= 11 is 3.45. The maximum atomic E-state index is 5.29. The smallest absolute Gasteiger partial charge is 0.308 e. The molecule has 0 amide bonds. The molecule has 0 radical (unpaired) electrons. The maximum Gasteiger partial charge on any atom is 0.308 e. The molecule has 80 valence electrons. The molecule has 0 saturated carbocycles. The molecule has 5 heteroatoms. The Hall–Kier alpha value is -1.10. The molecule has 0 aliphatic carbocycles. The van der Waals surface area contributed by atoms with Crippen molar-refractivity contribution in [1.82, 2.24) is 9.97 Å². The number of halogens is 1. The summed E-state index contributed by atoms with van der Waals surface area (Å²) in [6.07, 6.45) is 6.50. The van der Waals surface area contributed by atoms with Crippen LogP contribution in [0, 0.1) is 0 Å². The zero-order valence-corrected chi connectivity index (χ0v) is 10.1. The van der Waals surface area contributed by atoms with Crippen LogP contribution in [-0.2, 0) is 15.3 Å². The predicted octanol–water partition coefficient (Wildman–Crippen LogP) is 2.62. The van der Waals surface area contributed by atoms with Gasteiger partial charge in [0.25, 0.3) is 0 Å². The highest BCUT2D eigenvalue weighted by atomic mass is 79.9. The van der Waals surface area contributed by atoms with E-state index in [9.17, 15) is 0 Å². The van der Waals surface area contributed by atoms with Gasteiger partial charge < -0.3 is 9.47 Å². The Morgan fingerprint density at radius 2 is 1.80 bits per heavy atom. The van der Waals surface area contributed by atoms with E-state index < -0.39 is 5.79 Å². The Morgan fingerprint density at radius 1 is 1.27 bits per heavy atom. The van der Waals surface area contributed by atoms with E-state index in [0.717, 1.165) is 5.56 Å². The van der Waals surface area contributed by atoms with Crippen LogP contribution in [-0.4, -0.2) is 9.97 Å². The average Bonchev–Trinajstić information content (AvgIpc) is 2.67. The molecule has 0 saturated heterocycles. The third-order valence-corrected chi connectivity index (χ3v) is 2.71. The lowest BCUT2D eigenvalue weighted by molar-refractivity contribution is -0.139. The second-order valence-electron chi connectivity index (χ2n) is 3.41. The molecule has 0 N–H and O–H groups in total. The highest BCUT2D eigenvalue weighted by Gasteiger charge is 2.35. The molecule has 15 heavy (non-hydrogen) atoms.